The second kappa shape index (κ2) is 6.56. The molecule has 0 aliphatic rings. The van der Waals surface area contributed by atoms with E-state index in [0.717, 1.165) is 6.42 Å². The maximum Gasteiger partial charge on any atom is 0.245 e. The van der Waals surface area contributed by atoms with Gasteiger partial charge < -0.3 is 5.73 Å². The zero-order valence-corrected chi connectivity index (χ0v) is 15.1. The number of nitrogens with two attached hydrogens (primary N) is 1. The van der Waals surface area contributed by atoms with Gasteiger partial charge in [-0.2, -0.15) is 4.31 Å². The first-order valence-corrected chi connectivity index (χ1v) is 9.00. The predicted octanol–water partition coefficient (Wildman–Crippen LogP) is 3.60. The van der Waals surface area contributed by atoms with Gasteiger partial charge in [0.1, 0.15) is 4.90 Å². The van der Waals surface area contributed by atoms with E-state index in [1.54, 1.807) is 12.1 Å². The molecule has 19 heavy (non-hydrogen) atoms. The molecule has 1 rings (SSSR count). The highest BCUT2D eigenvalue weighted by atomic mass is 79.9. The Morgan fingerprint density at radius 1 is 1.26 bits per heavy atom. The van der Waals surface area contributed by atoms with Crippen LogP contribution in [-0.2, 0) is 10.0 Å². The SMILES string of the molecule is CCCN(C(C)C)S(=O)(=O)c1c(Br)cc(N)cc1Br. The van der Waals surface area contributed by atoms with Crippen LogP contribution in [0.1, 0.15) is 27.2 Å². The maximum atomic E-state index is 12.7. The lowest BCUT2D eigenvalue weighted by molar-refractivity contribution is 0.353. The summed E-state index contributed by atoms with van der Waals surface area (Å²) in [5, 5.41) is 0. The third-order valence-electron chi connectivity index (χ3n) is 2.61. The summed E-state index contributed by atoms with van der Waals surface area (Å²) in [5.41, 5.74) is 6.20. The number of rotatable bonds is 5. The van der Waals surface area contributed by atoms with Crippen LogP contribution in [0, 0.1) is 0 Å². The fourth-order valence-electron chi connectivity index (χ4n) is 1.82. The number of hydrogen-bond donors (Lipinski definition) is 1. The van der Waals surface area contributed by atoms with Gasteiger partial charge in [-0.05, 0) is 64.3 Å². The fraction of sp³-hybridized carbons (Fsp3) is 0.500. The lowest BCUT2D eigenvalue weighted by Gasteiger charge is -2.26. The molecule has 108 valence electrons. The standard InChI is InChI=1S/C12H18Br2N2O2S/c1-4-5-16(8(2)3)19(17,18)12-10(13)6-9(15)7-11(12)14/h6-8H,4-5,15H2,1-3H3. The molecule has 0 saturated carbocycles. The molecule has 0 fully saturated rings. The summed E-state index contributed by atoms with van der Waals surface area (Å²) >= 11 is 6.57. The van der Waals surface area contributed by atoms with Gasteiger partial charge >= 0.3 is 0 Å². The largest absolute Gasteiger partial charge is 0.399 e. The van der Waals surface area contributed by atoms with Gasteiger partial charge in [0.2, 0.25) is 10.0 Å². The van der Waals surface area contributed by atoms with Gasteiger partial charge in [0.25, 0.3) is 0 Å². The van der Waals surface area contributed by atoms with Crippen molar-refractivity contribution in [1.29, 1.82) is 0 Å². The molecule has 1 aromatic carbocycles. The van der Waals surface area contributed by atoms with Crippen LogP contribution in [0.2, 0.25) is 0 Å². The molecule has 0 aromatic heterocycles. The van der Waals surface area contributed by atoms with E-state index in [0.29, 0.717) is 21.2 Å². The highest BCUT2D eigenvalue weighted by Gasteiger charge is 2.30. The van der Waals surface area contributed by atoms with Crippen LogP contribution in [0.15, 0.2) is 26.0 Å². The third-order valence-corrected chi connectivity index (χ3v) is 6.56. The summed E-state index contributed by atoms with van der Waals surface area (Å²) in [4.78, 5) is 0.226. The Hall–Kier alpha value is -0.110. The lowest BCUT2D eigenvalue weighted by Crippen LogP contribution is -2.37. The van der Waals surface area contributed by atoms with Crippen molar-refractivity contribution in [2.24, 2.45) is 0 Å². The highest BCUT2D eigenvalue weighted by molar-refractivity contribution is 9.11. The first kappa shape index (κ1) is 16.9. The van der Waals surface area contributed by atoms with E-state index >= 15 is 0 Å². The van der Waals surface area contributed by atoms with Gasteiger partial charge in [-0.3, -0.25) is 0 Å². The minimum atomic E-state index is -3.56. The first-order chi connectivity index (χ1) is 8.71. The Labute approximate surface area is 131 Å². The summed E-state index contributed by atoms with van der Waals surface area (Å²) in [6.45, 7) is 6.18. The van der Waals surface area contributed by atoms with E-state index < -0.39 is 10.0 Å². The molecule has 0 aliphatic heterocycles. The number of sulfonamides is 1. The minimum absolute atomic E-state index is 0.0960. The summed E-state index contributed by atoms with van der Waals surface area (Å²) in [6.07, 6.45) is 0.765. The van der Waals surface area contributed by atoms with Gasteiger partial charge in [0, 0.05) is 27.2 Å². The Morgan fingerprint density at radius 3 is 2.11 bits per heavy atom. The summed E-state index contributed by atoms with van der Waals surface area (Å²) < 4.78 is 27.9. The van der Waals surface area contributed by atoms with Crippen molar-refractivity contribution in [2.75, 3.05) is 12.3 Å². The molecule has 0 aliphatic carbocycles. The van der Waals surface area contributed by atoms with E-state index in [4.69, 9.17) is 5.73 Å². The van der Waals surface area contributed by atoms with Gasteiger partial charge in [0.05, 0.1) is 0 Å². The summed E-state index contributed by atoms with van der Waals surface area (Å²) in [5.74, 6) is 0. The number of halogens is 2. The molecular weight excluding hydrogens is 396 g/mol. The van der Waals surface area contributed by atoms with E-state index in [1.165, 1.54) is 4.31 Å². The van der Waals surface area contributed by atoms with Gasteiger partial charge in [-0.25, -0.2) is 8.42 Å². The Morgan fingerprint density at radius 2 is 1.74 bits per heavy atom. The zero-order chi connectivity index (χ0) is 14.8. The van der Waals surface area contributed by atoms with Crippen molar-refractivity contribution in [3.8, 4) is 0 Å². The second-order valence-corrected chi connectivity index (χ2v) is 8.06. The topological polar surface area (TPSA) is 63.4 Å². The summed E-state index contributed by atoms with van der Waals surface area (Å²) in [6, 6.07) is 3.10. The molecule has 0 atom stereocenters. The van der Waals surface area contributed by atoms with E-state index in [2.05, 4.69) is 31.9 Å². The Kier molecular flexibility index (Phi) is 5.85. The number of nitrogens with zero attached hydrogens (tertiary/aromatic N) is 1. The molecular formula is C12H18Br2N2O2S. The van der Waals surface area contributed by atoms with Crippen LogP contribution in [0.5, 0.6) is 0 Å². The second-order valence-electron chi connectivity index (χ2n) is 4.52. The maximum absolute atomic E-state index is 12.7. The normalized spacial score (nSPS) is 12.4. The zero-order valence-electron chi connectivity index (χ0n) is 11.2. The highest BCUT2D eigenvalue weighted by Crippen LogP contribution is 2.35. The molecule has 7 heteroatoms. The number of nitrogen functional groups attached to an aromatic ring is 1. The van der Waals surface area contributed by atoms with Gasteiger partial charge in [-0.1, -0.05) is 6.92 Å². The van der Waals surface area contributed by atoms with E-state index in [-0.39, 0.29) is 10.9 Å². The molecule has 0 bridgehead atoms. The molecule has 2 N–H and O–H groups in total. The van der Waals surface area contributed by atoms with Crippen LogP contribution in [0.3, 0.4) is 0 Å². The monoisotopic (exact) mass is 412 g/mol. The summed E-state index contributed by atoms with van der Waals surface area (Å²) in [7, 11) is -3.56. The van der Waals surface area contributed by atoms with Crippen molar-refractivity contribution in [3.05, 3.63) is 21.1 Å². The van der Waals surface area contributed by atoms with Crippen LogP contribution < -0.4 is 5.73 Å². The average molecular weight is 414 g/mol. The van der Waals surface area contributed by atoms with Crippen molar-refractivity contribution in [3.63, 3.8) is 0 Å². The number of hydrogen-bond acceptors (Lipinski definition) is 3. The van der Waals surface area contributed by atoms with E-state index in [9.17, 15) is 8.42 Å². The first-order valence-electron chi connectivity index (χ1n) is 5.98. The number of anilines is 1. The van der Waals surface area contributed by atoms with Crippen molar-refractivity contribution in [1.82, 2.24) is 4.31 Å². The van der Waals surface area contributed by atoms with Crippen molar-refractivity contribution < 1.29 is 8.42 Å². The van der Waals surface area contributed by atoms with Crippen molar-refractivity contribution >= 4 is 47.6 Å². The van der Waals surface area contributed by atoms with Crippen LogP contribution in [0.4, 0.5) is 5.69 Å². The molecule has 0 heterocycles. The third kappa shape index (κ3) is 3.71. The molecule has 0 spiro atoms. The quantitative estimate of drug-likeness (QED) is 0.750. The molecule has 1 aromatic rings. The van der Waals surface area contributed by atoms with Crippen LogP contribution in [0.25, 0.3) is 0 Å². The van der Waals surface area contributed by atoms with Gasteiger partial charge in [-0.15, -0.1) is 0 Å². The molecule has 0 amide bonds. The molecule has 0 unspecified atom stereocenters. The number of benzene rings is 1. The Bertz CT molecular complexity index is 536. The molecule has 4 nitrogen and oxygen atoms in total. The fourth-order valence-corrected chi connectivity index (χ4v) is 6.09. The van der Waals surface area contributed by atoms with Crippen LogP contribution in [-0.4, -0.2) is 25.3 Å². The van der Waals surface area contributed by atoms with E-state index in [1.807, 2.05) is 20.8 Å². The predicted molar refractivity (Wildman–Crippen MR) is 85.6 cm³/mol. The van der Waals surface area contributed by atoms with Crippen molar-refractivity contribution in [2.45, 2.75) is 38.1 Å². The Balaban J connectivity index is 3.42. The lowest BCUT2D eigenvalue weighted by atomic mass is 10.3. The minimum Gasteiger partial charge on any atom is -0.399 e. The molecule has 0 radical (unpaired) electrons. The average Bonchev–Trinajstić information content (AvgIpc) is 2.22. The molecule has 0 saturated heterocycles. The smallest absolute Gasteiger partial charge is 0.245 e. The van der Waals surface area contributed by atoms with Crippen LogP contribution >= 0.6 is 31.9 Å². The van der Waals surface area contributed by atoms with Gasteiger partial charge in [0.15, 0.2) is 0 Å².